The molecule has 0 amide bonds. The van der Waals surface area contributed by atoms with Gasteiger partial charge in [-0.1, -0.05) is 6.07 Å². The minimum absolute atomic E-state index is 0.0469. The fourth-order valence-electron chi connectivity index (χ4n) is 1.67. The molecule has 4 nitrogen and oxygen atoms in total. The number of nitrogens with two attached hydrogens (primary N) is 1. The van der Waals surface area contributed by atoms with E-state index in [0.29, 0.717) is 5.56 Å². The SMILES string of the molecule is COc1ccc(C(CN)NCC(F)(F)F)cc1OC(F)F. The molecule has 3 N–H and O–H groups in total. The molecule has 9 heteroatoms. The molecule has 0 radical (unpaired) electrons. The molecule has 0 aliphatic heterocycles. The van der Waals surface area contributed by atoms with Gasteiger partial charge in [-0.05, 0) is 17.7 Å². The van der Waals surface area contributed by atoms with E-state index in [1.807, 2.05) is 0 Å². The third-order valence-corrected chi connectivity index (χ3v) is 2.59. The highest BCUT2D eigenvalue weighted by Gasteiger charge is 2.28. The molecule has 1 aromatic carbocycles. The van der Waals surface area contributed by atoms with Crippen LogP contribution in [0.3, 0.4) is 0 Å². The van der Waals surface area contributed by atoms with Gasteiger partial charge >= 0.3 is 12.8 Å². The average molecular weight is 314 g/mol. The standard InChI is InChI=1S/C12H15F5N2O2/c1-20-9-3-2-7(4-10(9)21-11(13)14)8(5-18)19-6-12(15,16)17/h2-4,8,11,19H,5-6,18H2,1H3. The van der Waals surface area contributed by atoms with Crippen LogP contribution in [0.4, 0.5) is 22.0 Å². The zero-order valence-electron chi connectivity index (χ0n) is 11.1. The number of ether oxygens (including phenoxy) is 2. The molecular weight excluding hydrogens is 299 g/mol. The van der Waals surface area contributed by atoms with Crippen molar-refractivity contribution in [2.75, 3.05) is 20.2 Å². The Kier molecular flexibility index (Phi) is 6.16. The molecule has 0 spiro atoms. The number of halogens is 5. The Balaban J connectivity index is 2.93. The Bertz CT molecular complexity index is 454. The lowest BCUT2D eigenvalue weighted by molar-refractivity contribution is -0.126. The van der Waals surface area contributed by atoms with Gasteiger partial charge in [-0.2, -0.15) is 22.0 Å². The van der Waals surface area contributed by atoms with E-state index >= 15 is 0 Å². The van der Waals surface area contributed by atoms with E-state index in [0.717, 1.165) is 0 Å². The van der Waals surface area contributed by atoms with Crippen molar-refractivity contribution < 1.29 is 31.4 Å². The molecule has 1 atom stereocenters. The highest BCUT2D eigenvalue weighted by Crippen LogP contribution is 2.31. The molecule has 0 heterocycles. The van der Waals surface area contributed by atoms with E-state index < -0.39 is 25.4 Å². The molecule has 0 saturated heterocycles. The van der Waals surface area contributed by atoms with Crippen molar-refractivity contribution in [2.45, 2.75) is 18.8 Å². The van der Waals surface area contributed by atoms with Crippen LogP contribution in [0.2, 0.25) is 0 Å². The summed E-state index contributed by atoms with van der Waals surface area (Å²) < 4.78 is 70.3. The summed E-state index contributed by atoms with van der Waals surface area (Å²) in [4.78, 5) is 0. The molecule has 0 bridgehead atoms. The molecule has 1 aromatic rings. The smallest absolute Gasteiger partial charge is 0.401 e. The third kappa shape index (κ3) is 5.72. The number of alkyl halides is 5. The van der Waals surface area contributed by atoms with Gasteiger partial charge < -0.3 is 20.5 Å². The van der Waals surface area contributed by atoms with Crippen molar-refractivity contribution in [3.8, 4) is 11.5 Å². The molecule has 1 rings (SSSR count). The van der Waals surface area contributed by atoms with Crippen molar-refractivity contribution in [1.29, 1.82) is 0 Å². The summed E-state index contributed by atoms with van der Waals surface area (Å²) >= 11 is 0. The van der Waals surface area contributed by atoms with Crippen LogP contribution in [-0.4, -0.2) is 33.0 Å². The van der Waals surface area contributed by atoms with E-state index in [2.05, 4.69) is 10.1 Å². The van der Waals surface area contributed by atoms with Crippen molar-refractivity contribution in [1.82, 2.24) is 5.32 Å². The van der Waals surface area contributed by atoms with Crippen LogP contribution in [0.1, 0.15) is 11.6 Å². The first-order valence-electron chi connectivity index (χ1n) is 5.89. The Morgan fingerprint density at radius 3 is 2.38 bits per heavy atom. The first-order valence-corrected chi connectivity index (χ1v) is 5.89. The van der Waals surface area contributed by atoms with Crippen LogP contribution >= 0.6 is 0 Å². The average Bonchev–Trinajstić information content (AvgIpc) is 2.37. The van der Waals surface area contributed by atoms with Gasteiger partial charge in [0.05, 0.1) is 13.7 Å². The first kappa shape index (κ1) is 17.4. The third-order valence-electron chi connectivity index (χ3n) is 2.59. The van der Waals surface area contributed by atoms with Crippen LogP contribution in [-0.2, 0) is 0 Å². The minimum atomic E-state index is -4.40. The van der Waals surface area contributed by atoms with E-state index in [9.17, 15) is 22.0 Å². The number of hydrogen-bond acceptors (Lipinski definition) is 4. The Morgan fingerprint density at radius 1 is 1.24 bits per heavy atom. The zero-order valence-corrected chi connectivity index (χ0v) is 11.1. The molecular formula is C12H15F5N2O2. The summed E-state index contributed by atoms with van der Waals surface area (Å²) in [5, 5.41) is 2.21. The highest BCUT2D eigenvalue weighted by atomic mass is 19.4. The molecule has 0 aromatic heterocycles. The number of benzene rings is 1. The molecule has 0 aliphatic carbocycles. The van der Waals surface area contributed by atoms with Crippen LogP contribution in [0.25, 0.3) is 0 Å². The normalized spacial score (nSPS) is 13.3. The summed E-state index contributed by atoms with van der Waals surface area (Å²) in [6.45, 7) is -4.46. The van der Waals surface area contributed by atoms with Crippen LogP contribution in [0, 0.1) is 0 Å². The maximum atomic E-state index is 12.3. The Morgan fingerprint density at radius 2 is 1.90 bits per heavy atom. The van der Waals surface area contributed by atoms with Gasteiger partial charge in [-0.15, -0.1) is 0 Å². The van der Waals surface area contributed by atoms with Crippen molar-refractivity contribution in [3.05, 3.63) is 23.8 Å². The summed E-state index contributed by atoms with van der Waals surface area (Å²) in [6.07, 6.45) is -4.40. The van der Waals surface area contributed by atoms with Gasteiger partial charge in [-0.25, -0.2) is 0 Å². The van der Waals surface area contributed by atoms with Crippen molar-refractivity contribution >= 4 is 0 Å². The lowest BCUT2D eigenvalue weighted by Gasteiger charge is -2.20. The maximum Gasteiger partial charge on any atom is 0.401 e. The van der Waals surface area contributed by atoms with Gasteiger partial charge in [0.15, 0.2) is 11.5 Å². The predicted octanol–water partition coefficient (Wildman–Crippen LogP) is 2.45. The van der Waals surface area contributed by atoms with Crippen LogP contribution in [0.5, 0.6) is 11.5 Å². The van der Waals surface area contributed by atoms with Gasteiger partial charge in [-0.3, -0.25) is 0 Å². The second kappa shape index (κ2) is 7.41. The number of rotatable bonds is 7. The topological polar surface area (TPSA) is 56.5 Å². The van der Waals surface area contributed by atoms with E-state index in [1.54, 1.807) is 0 Å². The fraction of sp³-hybridized carbons (Fsp3) is 0.500. The summed E-state index contributed by atoms with van der Waals surface area (Å²) in [6, 6.07) is 3.08. The van der Waals surface area contributed by atoms with E-state index in [-0.39, 0.29) is 18.0 Å². The van der Waals surface area contributed by atoms with Gasteiger partial charge in [0, 0.05) is 12.6 Å². The van der Waals surface area contributed by atoms with Crippen LogP contribution in [0.15, 0.2) is 18.2 Å². The zero-order chi connectivity index (χ0) is 16.0. The monoisotopic (exact) mass is 314 g/mol. The molecule has 0 saturated carbocycles. The molecule has 21 heavy (non-hydrogen) atoms. The van der Waals surface area contributed by atoms with Crippen molar-refractivity contribution in [3.63, 3.8) is 0 Å². The fourth-order valence-corrected chi connectivity index (χ4v) is 1.67. The quantitative estimate of drug-likeness (QED) is 0.759. The lowest BCUT2D eigenvalue weighted by Crippen LogP contribution is -2.35. The number of methoxy groups -OCH3 is 1. The Labute approximate surface area is 118 Å². The Hall–Kier alpha value is -1.61. The van der Waals surface area contributed by atoms with Crippen LogP contribution < -0.4 is 20.5 Å². The summed E-state index contributed by atoms with van der Waals surface area (Å²) in [5.74, 6) is -0.220. The largest absolute Gasteiger partial charge is 0.493 e. The van der Waals surface area contributed by atoms with Gasteiger partial charge in [0.2, 0.25) is 0 Å². The number of nitrogens with one attached hydrogen (secondary N) is 1. The first-order chi connectivity index (χ1) is 9.76. The van der Waals surface area contributed by atoms with Gasteiger partial charge in [0.25, 0.3) is 0 Å². The second-order valence-corrected chi connectivity index (χ2v) is 4.07. The highest BCUT2D eigenvalue weighted by molar-refractivity contribution is 5.44. The number of hydrogen-bond donors (Lipinski definition) is 2. The molecule has 0 fully saturated rings. The summed E-state index contributed by atoms with van der Waals surface area (Å²) in [7, 11) is 1.26. The minimum Gasteiger partial charge on any atom is -0.493 e. The van der Waals surface area contributed by atoms with Gasteiger partial charge in [0.1, 0.15) is 0 Å². The lowest BCUT2D eigenvalue weighted by atomic mass is 10.1. The van der Waals surface area contributed by atoms with E-state index in [1.165, 1.54) is 25.3 Å². The molecule has 1 unspecified atom stereocenters. The molecule has 0 aliphatic rings. The summed E-state index contributed by atoms with van der Waals surface area (Å²) in [5.41, 5.74) is 5.70. The second-order valence-electron chi connectivity index (χ2n) is 4.07. The molecule has 120 valence electrons. The van der Waals surface area contributed by atoms with E-state index in [4.69, 9.17) is 10.5 Å². The predicted molar refractivity (Wildman–Crippen MR) is 65.5 cm³/mol. The van der Waals surface area contributed by atoms with Crippen molar-refractivity contribution in [2.24, 2.45) is 5.73 Å². The maximum absolute atomic E-state index is 12.3.